The number of non-ortho nitro benzene ring substituents is 1. The lowest BCUT2D eigenvalue weighted by Crippen LogP contribution is -1.97. The van der Waals surface area contributed by atoms with Crippen LogP contribution in [0.1, 0.15) is 11.1 Å². The number of ether oxygens (including phenoxy) is 1. The van der Waals surface area contributed by atoms with Crippen LogP contribution in [0.15, 0.2) is 29.0 Å². The molecular formula is C12H10ClNO3S. The van der Waals surface area contributed by atoms with E-state index in [0.29, 0.717) is 17.4 Å². The number of thiophene rings is 1. The van der Waals surface area contributed by atoms with Gasteiger partial charge in [-0.2, -0.15) is 11.3 Å². The van der Waals surface area contributed by atoms with Gasteiger partial charge < -0.3 is 4.74 Å². The fourth-order valence-electron chi connectivity index (χ4n) is 1.42. The molecule has 0 N–H and O–H groups in total. The molecule has 18 heavy (non-hydrogen) atoms. The van der Waals surface area contributed by atoms with Crippen LogP contribution in [0.3, 0.4) is 0 Å². The number of aryl methyl sites for hydroxylation is 1. The molecule has 0 saturated carbocycles. The van der Waals surface area contributed by atoms with Gasteiger partial charge in [-0.15, -0.1) is 0 Å². The van der Waals surface area contributed by atoms with Crippen molar-refractivity contribution in [2.45, 2.75) is 13.5 Å². The summed E-state index contributed by atoms with van der Waals surface area (Å²) in [6, 6.07) is 4.55. The van der Waals surface area contributed by atoms with Crippen LogP contribution in [0.5, 0.6) is 5.75 Å². The Balaban J connectivity index is 2.16. The van der Waals surface area contributed by atoms with Crippen molar-refractivity contribution in [2.24, 2.45) is 0 Å². The van der Waals surface area contributed by atoms with Crippen molar-refractivity contribution in [2.75, 3.05) is 0 Å². The van der Waals surface area contributed by atoms with Crippen molar-refractivity contribution < 1.29 is 9.66 Å². The fourth-order valence-corrected chi connectivity index (χ4v) is 2.45. The van der Waals surface area contributed by atoms with E-state index in [1.807, 2.05) is 17.7 Å². The Bertz CT molecular complexity index is 582. The quantitative estimate of drug-likeness (QED) is 0.624. The Morgan fingerprint density at radius 3 is 2.83 bits per heavy atom. The summed E-state index contributed by atoms with van der Waals surface area (Å²) in [4.78, 5) is 10.2. The summed E-state index contributed by atoms with van der Waals surface area (Å²) in [7, 11) is 0. The van der Waals surface area contributed by atoms with Crippen molar-refractivity contribution in [3.63, 3.8) is 0 Å². The Morgan fingerprint density at radius 2 is 2.22 bits per heavy atom. The van der Waals surface area contributed by atoms with Gasteiger partial charge in [0, 0.05) is 17.0 Å². The van der Waals surface area contributed by atoms with Crippen molar-refractivity contribution in [3.05, 3.63) is 55.2 Å². The number of hydrogen-bond donors (Lipinski definition) is 0. The molecule has 0 aliphatic rings. The van der Waals surface area contributed by atoms with Crippen LogP contribution in [0.4, 0.5) is 5.69 Å². The number of rotatable bonds is 4. The zero-order chi connectivity index (χ0) is 13.1. The summed E-state index contributed by atoms with van der Waals surface area (Å²) in [5.41, 5.74) is 1.76. The van der Waals surface area contributed by atoms with Crippen molar-refractivity contribution in [1.29, 1.82) is 0 Å². The predicted octanol–water partition coefficient (Wildman–Crippen LogP) is 4.20. The normalized spacial score (nSPS) is 10.3. The molecule has 0 aliphatic heterocycles. The smallest absolute Gasteiger partial charge is 0.273 e. The summed E-state index contributed by atoms with van der Waals surface area (Å²) in [5, 5.41) is 15.1. The van der Waals surface area contributed by atoms with Gasteiger partial charge in [0.1, 0.15) is 12.4 Å². The third kappa shape index (κ3) is 2.80. The summed E-state index contributed by atoms with van der Waals surface area (Å²) in [6.07, 6.45) is 0. The van der Waals surface area contributed by atoms with E-state index < -0.39 is 4.92 Å². The van der Waals surface area contributed by atoms with Crippen LogP contribution in [-0.2, 0) is 6.61 Å². The third-order valence-electron chi connectivity index (χ3n) is 2.45. The predicted molar refractivity (Wildman–Crippen MR) is 71.5 cm³/mol. The average Bonchev–Trinajstić information content (AvgIpc) is 2.73. The molecule has 0 spiro atoms. The molecule has 1 aromatic carbocycles. The molecule has 0 aliphatic carbocycles. The number of nitro groups is 1. The second kappa shape index (κ2) is 5.37. The van der Waals surface area contributed by atoms with Crippen LogP contribution in [0, 0.1) is 17.0 Å². The van der Waals surface area contributed by atoms with Crippen LogP contribution in [-0.4, -0.2) is 4.92 Å². The number of nitrogens with zero attached hydrogens (tertiary/aromatic N) is 1. The maximum atomic E-state index is 10.7. The lowest BCUT2D eigenvalue weighted by atomic mass is 10.2. The van der Waals surface area contributed by atoms with E-state index in [-0.39, 0.29) is 5.69 Å². The van der Waals surface area contributed by atoms with Gasteiger partial charge in [-0.25, -0.2) is 0 Å². The Morgan fingerprint density at radius 1 is 1.44 bits per heavy atom. The molecule has 2 aromatic rings. The summed E-state index contributed by atoms with van der Waals surface area (Å²) in [5.74, 6) is 0.506. The lowest BCUT2D eigenvalue weighted by molar-refractivity contribution is -0.385. The highest BCUT2D eigenvalue weighted by molar-refractivity contribution is 7.08. The SMILES string of the molecule is Cc1ccc([N+](=O)[O-])cc1OCc1cscc1Cl. The minimum Gasteiger partial charge on any atom is -0.488 e. The van der Waals surface area contributed by atoms with Gasteiger partial charge in [0.2, 0.25) is 0 Å². The Kier molecular flexibility index (Phi) is 3.84. The minimum atomic E-state index is -0.441. The van der Waals surface area contributed by atoms with Gasteiger partial charge in [-0.05, 0) is 23.9 Å². The second-order valence-electron chi connectivity index (χ2n) is 3.74. The highest BCUT2D eigenvalue weighted by Crippen LogP contribution is 2.27. The molecule has 2 rings (SSSR count). The maximum absolute atomic E-state index is 10.7. The number of nitro benzene ring substituents is 1. The number of hydrogen-bond acceptors (Lipinski definition) is 4. The van der Waals surface area contributed by atoms with Gasteiger partial charge in [0.25, 0.3) is 5.69 Å². The van der Waals surface area contributed by atoms with Crippen LogP contribution in [0.2, 0.25) is 5.02 Å². The van der Waals surface area contributed by atoms with Crippen molar-refractivity contribution in [1.82, 2.24) is 0 Å². The zero-order valence-electron chi connectivity index (χ0n) is 9.55. The molecule has 0 radical (unpaired) electrons. The molecule has 94 valence electrons. The standard InChI is InChI=1S/C12H10ClNO3S/c1-8-2-3-10(14(15)16)4-12(8)17-5-9-6-18-7-11(9)13/h2-4,6-7H,5H2,1H3. The highest BCUT2D eigenvalue weighted by atomic mass is 35.5. The van der Waals surface area contributed by atoms with Gasteiger partial charge in [-0.1, -0.05) is 11.6 Å². The molecule has 6 heteroatoms. The van der Waals surface area contributed by atoms with E-state index in [0.717, 1.165) is 11.1 Å². The summed E-state index contributed by atoms with van der Waals surface area (Å²) < 4.78 is 5.57. The average molecular weight is 284 g/mol. The first-order chi connectivity index (χ1) is 8.58. The fraction of sp³-hybridized carbons (Fsp3) is 0.167. The van der Waals surface area contributed by atoms with Crippen LogP contribution in [0.25, 0.3) is 0 Å². The first-order valence-corrected chi connectivity index (χ1v) is 6.48. The zero-order valence-corrected chi connectivity index (χ0v) is 11.1. The molecule has 0 atom stereocenters. The van der Waals surface area contributed by atoms with Crippen LogP contribution >= 0.6 is 22.9 Å². The molecule has 1 heterocycles. The maximum Gasteiger partial charge on any atom is 0.273 e. The molecule has 0 fully saturated rings. The summed E-state index contributed by atoms with van der Waals surface area (Å²) >= 11 is 7.44. The summed E-state index contributed by atoms with van der Waals surface area (Å²) in [6.45, 7) is 2.15. The van der Waals surface area contributed by atoms with E-state index in [1.54, 1.807) is 6.07 Å². The van der Waals surface area contributed by atoms with E-state index in [1.165, 1.54) is 23.5 Å². The van der Waals surface area contributed by atoms with E-state index in [9.17, 15) is 10.1 Å². The first-order valence-electron chi connectivity index (χ1n) is 5.16. The molecular weight excluding hydrogens is 274 g/mol. The monoisotopic (exact) mass is 283 g/mol. The number of benzene rings is 1. The van der Waals surface area contributed by atoms with E-state index in [4.69, 9.17) is 16.3 Å². The Hall–Kier alpha value is -1.59. The van der Waals surface area contributed by atoms with Gasteiger partial charge in [-0.3, -0.25) is 10.1 Å². The molecule has 4 nitrogen and oxygen atoms in total. The molecule has 0 unspecified atom stereocenters. The van der Waals surface area contributed by atoms with Gasteiger partial charge in [0.15, 0.2) is 0 Å². The largest absolute Gasteiger partial charge is 0.488 e. The first kappa shape index (κ1) is 12.9. The van der Waals surface area contributed by atoms with Gasteiger partial charge >= 0.3 is 0 Å². The molecule has 0 saturated heterocycles. The molecule has 1 aromatic heterocycles. The van der Waals surface area contributed by atoms with E-state index in [2.05, 4.69) is 0 Å². The van der Waals surface area contributed by atoms with Crippen molar-refractivity contribution >= 4 is 28.6 Å². The second-order valence-corrected chi connectivity index (χ2v) is 4.89. The van der Waals surface area contributed by atoms with E-state index >= 15 is 0 Å². The lowest BCUT2D eigenvalue weighted by Gasteiger charge is -2.08. The molecule has 0 bridgehead atoms. The van der Waals surface area contributed by atoms with Crippen molar-refractivity contribution in [3.8, 4) is 5.75 Å². The third-order valence-corrected chi connectivity index (χ3v) is 3.73. The topological polar surface area (TPSA) is 52.4 Å². The van der Waals surface area contributed by atoms with Crippen LogP contribution < -0.4 is 4.74 Å². The Labute approximate surface area is 113 Å². The van der Waals surface area contributed by atoms with Gasteiger partial charge in [0.05, 0.1) is 16.0 Å². The number of halogens is 1. The molecule has 0 amide bonds. The minimum absolute atomic E-state index is 0.0204. The highest BCUT2D eigenvalue weighted by Gasteiger charge is 2.10.